The van der Waals surface area contributed by atoms with Gasteiger partial charge in [0.2, 0.25) is 5.82 Å². The number of nitriles is 1. The molecule has 0 fully saturated rings. The molecule has 0 N–H and O–H groups in total. The van der Waals surface area contributed by atoms with Crippen molar-refractivity contribution in [2.75, 3.05) is 0 Å². The van der Waals surface area contributed by atoms with Crippen LogP contribution < -0.4 is 0 Å². The van der Waals surface area contributed by atoms with Crippen LogP contribution in [-0.4, -0.2) is 19.3 Å². The van der Waals surface area contributed by atoms with Crippen LogP contribution in [-0.2, 0) is 13.6 Å². The van der Waals surface area contributed by atoms with Gasteiger partial charge >= 0.3 is 0 Å². The minimum absolute atomic E-state index is 0.374. The van der Waals surface area contributed by atoms with Crippen molar-refractivity contribution < 1.29 is 0 Å². The van der Waals surface area contributed by atoms with Crippen molar-refractivity contribution in [2.45, 2.75) is 13.5 Å². The maximum absolute atomic E-state index is 8.84. The van der Waals surface area contributed by atoms with E-state index in [1.165, 1.54) is 0 Å². The van der Waals surface area contributed by atoms with Gasteiger partial charge in [0, 0.05) is 25.0 Å². The Morgan fingerprint density at radius 2 is 2.31 bits per heavy atom. The molecule has 2 rings (SSSR count). The highest BCUT2D eigenvalue weighted by atomic mass is 35.5. The second kappa shape index (κ2) is 3.99. The minimum Gasteiger partial charge on any atom is -0.318 e. The molecule has 0 unspecified atom stereocenters. The SMILES string of the molecule is Cc1nn(C)c(Cl)c1Cn1ccnc1C#N. The number of aromatic nitrogens is 4. The summed E-state index contributed by atoms with van der Waals surface area (Å²) in [4.78, 5) is 3.93. The van der Waals surface area contributed by atoms with Gasteiger partial charge in [0.05, 0.1) is 12.2 Å². The zero-order valence-electron chi connectivity index (χ0n) is 8.98. The second-order valence-corrected chi connectivity index (χ2v) is 3.83. The predicted molar refractivity (Wildman–Crippen MR) is 59.0 cm³/mol. The highest BCUT2D eigenvalue weighted by molar-refractivity contribution is 6.30. The molecule has 0 radical (unpaired) electrons. The topological polar surface area (TPSA) is 59.4 Å². The first-order valence-electron chi connectivity index (χ1n) is 4.72. The van der Waals surface area contributed by atoms with Crippen LogP contribution in [0.3, 0.4) is 0 Å². The summed E-state index contributed by atoms with van der Waals surface area (Å²) >= 11 is 6.11. The summed E-state index contributed by atoms with van der Waals surface area (Å²) in [5.41, 5.74) is 1.78. The van der Waals surface area contributed by atoms with Crippen LogP contribution >= 0.6 is 11.6 Å². The number of nitrogens with zero attached hydrogens (tertiary/aromatic N) is 5. The van der Waals surface area contributed by atoms with Gasteiger partial charge in [-0.15, -0.1) is 0 Å². The lowest BCUT2D eigenvalue weighted by Crippen LogP contribution is -2.02. The molecule has 0 aromatic carbocycles. The van der Waals surface area contributed by atoms with Crippen molar-refractivity contribution in [1.29, 1.82) is 5.26 Å². The number of rotatable bonds is 2. The summed E-state index contributed by atoms with van der Waals surface area (Å²) in [6.45, 7) is 2.41. The van der Waals surface area contributed by atoms with Crippen LogP contribution in [0.1, 0.15) is 17.1 Å². The van der Waals surface area contributed by atoms with Gasteiger partial charge < -0.3 is 4.57 Å². The monoisotopic (exact) mass is 235 g/mol. The lowest BCUT2D eigenvalue weighted by Gasteiger charge is -2.03. The highest BCUT2D eigenvalue weighted by Gasteiger charge is 2.12. The fourth-order valence-corrected chi connectivity index (χ4v) is 1.81. The van der Waals surface area contributed by atoms with E-state index in [1.54, 1.807) is 28.7 Å². The summed E-state index contributed by atoms with van der Waals surface area (Å²) in [5, 5.41) is 13.6. The molecule has 0 saturated heterocycles. The van der Waals surface area contributed by atoms with E-state index < -0.39 is 0 Å². The van der Waals surface area contributed by atoms with Crippen molar-refractivity contribution in [3.63, 3.8) is 0 Å². The third kappa shape index (κ3) is 1.68. The van der Waals surface area contributed by atoms with E-state index in [-0.39, 0.29) is 0 Å². The summed E-state index contributed by atoms with van der Waals surface area (Å²) < 4.78 is 3.37. The van der Waals surface area contributed by atoms with Crippen LogP contribution in [0.25, 0.3) is 0 Å². The molecule has 0 aliphatic rings. The zero-order chi connectivity index (χ0) is 11.7. The predicted octanol–water partition coefficient (Wildman–Crippen LogP) is 1.50. The average Bonchev–Trinajstić information content (AvgIpc) is 2.79. The largest absolute Gasteiger partial charge is 0.318 e. The highest BCUT2D eigenvalue weighted by Crippen LogP contribution is 2.20. The number of halogens is 1. The second-order valence-electron chi connectivity index (χ2n) is 3.47. The fourth-order valence-electron chi connectivity index (χ4n) is 1.57. The van der Waals surface area contributed by atoms with Gasteiger partial charge in [0.1, 0.15) is 11.2 Å². The van der Waals surface area contributed by atoms with Crippen molar-refractivity contribution in [1.82, 2.24) is 19.3 Å². The Kier molecular flexibility index (Phi) is 2.67. The Bertz CT molecular complexity index is 560. The first-order chi connectivity index (χ1) is 7.63. The third-order valence-electron chi connectivity index (χ3n) is 2.41. The van der Waals surface area contributed by atoms with Crippen molar-refractivity contribution in [3.8, 4) is 6.07 Å². The molecule has 0 aliphatic heterocycles. The zero-order valence-corrected chi connectivity index (χ0v) is 9.73. The van der Waals surface area contributed by atoms with Gasteiger partial charge in [-0.05, 0) is 6.92 Å². The summed E-state index contributed by atoms with van der Waals surface area (Å²) in [6.07, 6.45) is 3.35. The maximum Gasteiger partial charge on any atom is 0.213 e. The molecule has 16 heavy (non-hydrogen) atoms. The standard InChI is InChI=1S/C10H10ClN5/c1-7-8(10(11)15(2)14-7)6-16-4-3-13-9(16)5-12/h3-4H,6H2,1-2H3. The average molecular weight is 236 g/mol. The van der Waals surface area contributed by atoms with Crippen LogP contribution in [0.5, 0.6) is 0 Å². The Morgan fingerprint density at radius 3 is 2.88 bits per heavy atom. The van der Waals surface area contributed by atoms with Crippen LogP contribution in [0, 0.1) is 18.3 Å². The maximum atomic E-state index is 8.84. The van der Waals surface area contributed by atoms with Crippen LogP contribution in [0.15, 0.2) is 12.4 Å². The fraction of sp³-hybridized carbons (Fsp3) is 0.300. The lowest BCUT2D eigenvalue weighted by molar-refractivity contribution is 0.755. The smallest absolute Gasteiger partial charge is 0.213 e. The Morgan fingerprint density at radius 1 is 1.56 bits per heavy atom. The molecule has 2 aromatic heterocycles. The van der Waals surface area contributed by atoms with Crippen molar-refractivity contribution >= 4 is 11.6 Å². The number of aryl methyl sites for hydroxylation is 2. The van der Waals surface area contributed by atoms with E-state index in [9.17, 15) is 0 Å². The van der Waals surface area contributed by atoms with Crippen molar-refractivity contribution in [2.24, 2.45) is 7.05 Å². The molecule has 2 aromatic rings. The Hall–Kier alpha value is -1.80. The quantitative estimate of drug-likeness (QED) is 0.793. The van der Waals surface area contributed by atoms with Gasteiger partial charge in [-0.2, -0.15) is 10.4 Å². The van der Waals surface area contributed by atoms with Gasteiger partial charge in [0.25, 0.3) is 0 Å². The van der Waals surface area contributed by atoms with E-state index in [4.69, 9.17) is 16.9 Å². The summed E-state index contributed by atoms with van der Waals surface area (Å²) in [7, 11) is 1.79. The Balaban J connectivity index is 2.38. The molecule has 0 bridgehead atoms. The third-order valence-corrected chi connectivity index (χ3v) is 2.89. The lowest BCUT2D eigenvalue weighted by atomic mass is 10.2. The molecule has 0 atom stereocenters. The first-order valence-corrected chi connectivity index (χ1v) is 5.10. The molecule has 0 spiro atoms. The van der Waals surface area contributed by atoms with E-state index in [1.807, 2.05) is 13.0 Å². The van der Waals surface area contributed by atoms with E-state index in [0.717, 1.165) is 11.3 Å². The minimum atomic E-state index is 0.374. The van der Waals surface area contributed by atoms with E-state index in [0.29, 0.717) is 17.5 Å². The first kappa shape index (κ1) is 10.7. The molecular formula is C10H10ClN5. The normalized spacial score (nSPS) is 10.4. The van der Waals surface area contributed by atoms with Gasteiger partial charge in [0.15, 0.2) is 0 Å². The molecule has 5 nitrogen and oxygen atoms in total. The molecule has 6 heteroatoms. The van der Waals surface area contributed by atoms with Crippen molar-refractivity contribution in [3.05, 3.63) is 34.6 Å². The number of imidazole rings is 1. The number of hydrogen-bond donors (Lipinski definition) is 0. The van der Waals surface area contributed by atoms with Crippen LogP contribution in [0.4, 0.5) is 0 Å². The molecule has 2 heterocycles. The number of hydrogen-bond acceptors (Lipinski definition) is 3. The van der Waals surface area contributed by atoms with Gasteiger partial charge in [-0.25, -0.2) is 4.98 Å². The molecule has 0 saturated carbocycles. The summed E-state index contributed by atoms with van der Waals surface area (Å²) in [6, 6.07) is 2.02. The molecule has 82 valence electrons. The van der Waals surface area contributed by atoms with Crippen LogP contribution in [0.2, 0.25) is 5.15 Å². The van der Waals surface area contributed by atoms with Gasteiger partial charge in [-0.1, -0.05) is 11.6 Å². The molecular weight excluding hydrogens is 226 g/mol. The Labute approximate surface area is 97.9 Å². The molecule has 0 amide bonds. The van der Waals surface area contributed by atoms with Gasteiger partial charge in [-0.3, -0.25) is 4.68 Å². The van der Waals surface area contributed by atoms with E-state index >= 15 is 0 Å². The molecule has 0 aliphatic carbocycles. The van der Waals surface area contributed by atoms with E-state index in [2.05, 4.69) is 10.1 Å². The summed E-state index contributed by atoms with van der Waals surface area (Å²) in [5.74, 6) is 0.374.